The molecule has 2 nitrogen and oxygen atoms in total. The fourth-order valence-electron chi connectivity index (χ4n) is 2.13. The third kappa shape index (κ3) is 1.73. The van der Waals surface area contributed by atoms with Crippen LogP contribution in [0.5, 0.6) is 5.75 Å². The summed E-state index contributed by atoms with van der Waals surface area (Å²) in [6, 6.07) is 8.14. The van der Waals surface area contributed by atoms with Crippen LogP contribution in [0, 0.1) is 11.3 Å². The average Bonchev–Trinajstić information content (AvgIpc) is 2.29. The molecule has 0 amide bonds. The Morgan fingerprint density at radius 3 is 3.00 bits per heavy atom. The summed E-state index contributed by atoms with van der Waals surface area (Å²) in [5, 5.41) is 8.71. The van der Waals surface area contributed by atoms with Crippen molar-refractivity contribution in [3.63, 3.8) is 0 Å². The van der Waals surface area contributed by atoms with Crippen LogP contribution in [0.4, 0.5) is 0 Å². The van der Waals surface area contributed by atoms with E-state index < -0.39 is 0 Å². The summed E-state index contributed by atoms with van der Waals surface area (Å²) in [7, 11) is 1.69. The van der Waals surface area contributed by atoms with Crippen molar-refractivity contribution in [2.75, 3.05) is 7.11 Å². The number of hydrogen-bond donors (Lipinski definition) is 0. The second kappa shape index (κ2) is 4.18. The molecule has 0 saturated heterocycles. The van der Waals surface area contributed by atoms with Gasteiger partial charge in [0.15, 0.2) is 0 Å². The molecule has 15 heavy (non-hydrogen) atoms. The number of methoxy groups -OCH3 is 1. The summed E-state index contributed by atoms with van der Waals surface area (Å²) in [5.74, 6) is 0.941. The summed E-state index contributed by atoms with van der Waals surface area (Å²) in [6.45, 7) is 0. The minimum absolute atomic E-state index is 0.941. The van der Waals surface area contributed by atoms with Gasteiger partial charge in [0.25, 0.3) is 0 Å². The van der Waals surface area contributed by atoms with E-state index in [1.807, 2.05) is 12.1 Å². The average molecular weight is 199 g/mol. The molecule has 2 heteroatoms. The molecule has 0 bridgehead atoms. The SMILES string of the molecule is COc1cccc2c1CCCC2=CC#N. The molecule has 0 N–H and O–H groups in total. The molecule has 0 unspecified atom stereocenters. The molecule has 1 aromatic carbocycles. The highest BCUT2D eigenvalue weighted by Crippen LogP contribution is 2.35. The van der Waals surface area contributed by atoms with Gasteiger partial charge < -0.3 is 4.74 Å². The van der Waals surface area contributed by atoms with Crippen molar-refractivity contribution < 1.29 is 4.74 Å². The van der Waals surface area contributed by atoms with Crippen LogP contribution < -0.4 is 4.74 Å². The van der Waals surface area contributed by atoms with Crippen LogP contribution in [0.3, 0.4) is 0 Å². The molecule has 0 saturated carbocycles. The van der Waals surface area contributed by atoms with Gasteiger partial charge >= 0.3 is 0 Å². The normalized spacial score (nSPS) is 16.9. The summed E-state index contributed by atoms with van der Waals surface area (Å²) in [4.78, 5) is 0. The minimum Gasteiger partial charge on any atom is -0.496 e. The van der Waals surface area contributed by atoms with Gasteiger partial charge in [0, 0.05) is 11.6 Å². The van der Waals surface area contributed by atoms with E-state index in [0.717, 1.165) is 30.6 Å². The van der Waals surface area contributed by atoms with Crippen molar-refractivity contribution in [2.24, 2.45) is 0 Å². The highest BCUT2D eigenvalue weighted by molar-refractivity contribution is 5.73. The minimum atomic E-state index is 0.941. The van der Waals surface area contributed by atoms with Gasteiger partial charge in [-0.15, -0.1) is 0 Å². The van der Waals surface area contributed by atoms with Gasteiger partial charge in [-0.25, -0.2) is 0 Å². The van der Waals surface area contributed by atoms with Gasteiger partial charge in [0.05, 0.1) is 13.2 Å². The van der Waals surface area contributed by atoms with Gasteiger partial charge in [-0.1, -0.05) is 12.1 Å². The van der Waals surface area contributed by atoms with Crippen molar-refractivity contribution >= 4 is 5.57 Å². The zero-order chi connectivity index (χ0) is 10.7. The Labute approximate surface area is 89.8 Å². The predicted molar refractivity (Wildman–Crippen MR) is 59.5 cm³/mol. The first-order chi connectivity index (χ1) is 7.36. The zero-order valence-electron chi connectivity index (χ0n) is 8.79. The maximum absolute atomic E-state index is 8.71. The van der Waals surface area contributed by atoms with Crippen molar-refractivity contribution in [1.82, 2.24) is 0 Å². The number of hydrogen-bond acceptors (Lipinski definition) is 2. The molecular weight excluding hydrogens is 186 g/mol. The Morgan fingerprint density at radius 2 is 2.27 bits per heavy atom. The summed E-state index contributed by atoms with van der Waals surface area (Å²) >= 11 is 0. The maximum Gasteiger partial charge on any atom is 0.122 e. The van der Waals surface area contributed by atoms with Crippen molar-refractivity contribution in [3.8, 4) is 11.8 Å². The van der Waals surface area contributed by atoms with Crippen molar-refractivity contribution in [3.05, 3.63) is 35.4 Å². The summed E-state index contributed by atoms with van der Waals surface area (Å²) in [5.41, 5.74) is 3.56. The van der Waals surface area contributed by atoms with E-state index in [9.17, 15) is 0 Å². The number of nitriles is 1. The lowest BCUT2D eigenvalue weighted by molar-refractivity contribution is 0.408. The molecule has 1 aliphatic rings. The topological polar surface area (TPSA) is 33.0 Å². The van der Waals surface area contributed by atoms with Crippen molar-refractivity contribution in [2.45, 2.75) is 19.3 Å². The molecule has 0 radical (unpaired) electrons. The number of nitrogens with zero attached hydrogens (tertiary/aromatic N) is 1. The Kier molecular flexibility index (Phi) is 2.73. The Bertz CT molecular complexity index is 440. The van der Waals surface area contributed by atoms with Gasteiger partial charge in [0.2, 0.25) is 0 Å². The lowest BCUT2D eigenvalue weighted by Gasteiger charge is -2.20. The molecule has 0 aliphatic heterocycles. The van der Waals surface area contributed by atoms with Gasteiger partial charge in [-0.2, -0.15) is 5.26 Å². The van der Waals surface area contributed by atoms with E-state index in [4.69, 9.17) is 10.00 Å². The Morgan fingerprint density at radius 1 is 1.40 bits per heavy atom. The number of benzene rings is 1. The lowest BCUT2D eigenvalue weighted by atomic mass is 9.87. The number of fused-ring (bicyclic) bond motifs is 1. The van der Waals surface area contributed by atoms with Crippen LogP contribution in [0.2, 0.25) is 0 Å². The number of allylic oxidation sites excluding steroid dienone is 2. The highest BCUT2D eigenvalue weighted by Gasteiger charge is 2.16. The Hall–Kier alpha value is -1.75. The first-order valence-corrected chi connectivity index (χ1v) is 5.11. The molecule has 0 heterocycles. The van der Waals surface area contributed by atoms with E-state index in [-0.39, 0.29) is 0 Å². The van der Waals surface area contributed by atoms with Crippen LogP contribution in [0.25, 0.3) is 5.57 Å². The van der Waals surface area contributed by atoms with Crippen LogP contribution in [-0.4, -0.2) is 7.11 Å². The van der Waals surface area contributed by atoms with E-state index in [1.54, 1.807) is 13.2 Å². The smallest absolute Gasteiger partial charge is 0.122 e. The first-order valence-electron chi connectivity index (χ1n) is 5.11. The quantitative estimate of drug-likeness (QED) is 0.651. The molecule has 0 fully saturated rings. The van der Waals surface area contributed by atoms with E-state index in [0.29, 0.717) is 0 Å². The molecule has 0 spiro atoms. The second-order valence-corrected chi connectivity index (χ2v) is 3.64. The largest absolute Gasteiger partial charge is 0.496 e. The monoisotopic (exact) mass is 199 g/mol. The van der Waals surface area contributed by atoms with Gasteiger partial charge in [-0.3, -0.25) is 0 Å². The third-order valence-corrected chi connectivity index (χ3v) is 2.81. The fraction of sp³-hybridized carbons (Fsp3) is 0.308. The molecule has 1 aromatic rings. The van der Waals surface area contributed by atoms with Crippen LogP contribution in [0.15, 0.2) is 24.3 Å². The molecule has 0 atom stereocenters. The maximum atomic E-state index is 8.71. The second-order valence-electron chi connectivity index (χ2n) is 3.64. The van der Waals surface area contributed by atoms with E-state index in [2.05, 4.69) is 12.1 Å². The molecule has 0 aromatic heterocycles. The lowest BCUT2D eigenvalue weighted by Crippen LogP contribution is -2.03. The molecule has 76 valence electrons. The summed E-state index contributed by atoms with van der Waals surface area (Å²) in [6.07, 6.45) is 4.79. The predicted octanol–water partition coefficient (Wildman–Crippen LogP) is 2.94. The number of rotatable bonds is 1. The van der Waals surface area contributed by atoms with E-state index in [1.165, 1.54) is 11.1 Å². The van der Waals surface area contributed by atoms with Crippen LogP contribution in [0.1, 0.15) is 24.0 Å². The number of ether oxygens (including phenoxy) is 1. The van der Waals surface area contributed by atoms with Crippen LogP contribution >= 0.6 is 0 Å². The first kappa shape index (κ1) is 9.79. The fourth-order valence-corrected chi connectivity index (χ4v) is 2.13. The zero-order valence-corrected chi connectivity index (χ0v) is 8.79. The van der Waals surface area contributed by atoms with Gasteiger partial charge in [0.1, 0.15) is 5.75 Å². The highest BCUT2D eigenvalue weighted by atomic mass is 16.5. The standard InChI is InChI=1S/C13H13NO/c1-15-13-7-3-5-11-10(8-9-14)4-2-6-12(11)13/h3,5,7-8H,2,4,6H2,1H3. The van der Waals surface area contributed by atoms with Crippen molar-refractivity contribution in [1.29, 1.82) is 5.26 Å². The molecule has 1 aliphatic carbocycles. The molecule has 2 rings (SSSR count). The van der Waals surface area contributed by atoms with Gasteiger partial charge in [-0.05, 0) is 36.5 Å². The summed E-state index contributed by atoms with van der Waals surface area (Å²) < 4.78 is 5.33. The third-order valence-electron chi connectivity index (χ3n) is 2.81. The Balaban J connectivity index is 2.54. The molecular formula is C13H13NO. The van der Waals surface area contributed by atoms with Crippen LogP contribution in [-0.2, 0) is 6.42 Å². The van der Waals surface area contributed by atoms with E-state index >= 15 is 0 Å².